The number of carbonyl (C=O) groups is 2. The Labute approximate surface area is 196 Å². The van der Waals surface area contributed by atoms with Crippen LogP contribution in [0.2, 0.25) is 10.0 Å². The number of amides is 2. The fourth-order valence-corrected chi connectivity index (χ4v) is 3.40. The van der Waals surface area contributed by atoms with Crippen LogP contribution in [0.4, 0.5) is 10.5 Å². The zero-order valence-corrected chi connectivity index (χ0v) is 19.1. The summed E-state index contributed by atoms with van der Waals surface area (Å²) >= 11 is 12.2. The Morgan fingerprint density at radius 1 is 1.12 bits per heavy atom. The molecule has 1 heterocycles. The predicted octanol–water partition coefficient (Wildman–Crippen LogP) is 5.49. The molecule has 9 heteroatoms. The number of aromatic nitrogens is 2. The molecule has 0 radical (unpaired) electrons. The van der Waals surface area contributed by atoms with E-state index in [9.17, 15) is 9.59 Å². The number of ether oxygens (including phenoxy) is 1. The molecule has 0 fully saturated rings. The van der Waals surface area contributed by atoms with Gasteiger partial charge in [-0.25, -0.2) is 14.6 Å². The maximum Gasteiger partial charge on any atom is 0.338 e. The summed E-state index contributed by atoms with van der Waals surface area (Å²) in [5, 5.41) is 3.79. The van der Waals surface area contributed by atoms with Gasteiger partial charge in [-0.1, -0.05) is 29.3 Å². The van der Waals surface area contributed by atoms with Crippen molar-refractivity contribution in [1.82, 2.24) is 14.5 Å². The molecule has 3 rings (SSSR count). The Kier molecular flexibility index (Phi) is 8.53. The fraction of sp³-hybridized carbons (Fsp3) is 0.261. The minimum atomic E-state index is -0.397. The molecular formula is C23H24Cl2N4O3. The number of esters is 1. The molecule has 0 aliphatic carbocycles. The molecule has 0 spiro atoms. The number of nitrogens with one attached hydrogen (secondary N) is 1. The molecule has 0 bridgehead atoms. The molecule has 1 N–H and O–H groups in total. The first-order valence-electron chi connectivity index (χ1n) is 10.2. The van der Waals surface area contributed by atoms with Gasteiger partial charge in [-0.2, -0.15) is 0 Å². The molecule has 3 aromatic rings. The lowest BCUT2D eigenvalue weighted by atomic mass is 10.2. The lowest BCUT2D eigenvalue weighted by molar-refractivity contribution is 0.0526. The van der Waals surface area contributed by atoms with Crippen molar-refractivity contribution in [1.29, 1.82) is 0 Å². The van der Waals surface area contributed by atoms with E-state index in [0.717, 1.165) is 18.5 Å². The van der Waals surface area contributed by atoms with Gasteiger partial charge in [0.05, 0.1) is 28.5 Å². The van der Waals surface area contributed by atoms with Crippen molar-refractivity contribution in [2.45, 2.75) is 26.4 Å². The van der Waals surface area contributed by atoms with Gasteiger partial charge in [0.15, 0.2) is 0 Å². The number of urea groups is 1. The summed E-state index contributed by atoms with van der Waals surface area (Å²) in [7, 11) is 0. The molecule has 7 nitrogen and oxygen atoms in total. The van der Waals surface area contributed by atoms with Crippen LogP contribution in [0, 0.1) is 0 Å². The standard InChI is InChI=1S/C23H24Cl2N4O3/c1-2-32-22(30)18-5-7-19(8-6-18)27-23(31)29(12-3-11-28-13-10-26-16-28)15-17-4-9-20(24)21(25)14-17/h4-10,13-14,16H,2-3,11-12,15H2,1H3,(H,27,31). The van der Waals surface area contributed by atoms with Crippen LogP contribution in [-0.4, -0.2) is 39.6 Å². The van der Waals surface area contributed by atoms with Crippen LogP contribution in [-0.2, 0) is 17.8 Å². The van der Waals surface area contributed by atoms with Gasteiger partial charge in [0, 0.05) is 37.7 Å². The van der Waals surface area contributed by atoms with Gasteiger partial charge in [0.25, 0.3) is 0 Å². The summed E-state index contributed by atoms with van der Waals surface area (Å²) in [5.41, 5.74) is 1.88. The van der Waals surface area contributed by atoms with E-state index in [0.29, 0.717) is 41.0 Å². The molecule has 0 unspecified atom stereocenters. The van der Waals surface area contributed by atoms with Crippen LogP contribution in [0.5, 0.6) is 0 Å². The van der Waals surface area contributed by atoms with Crippen molar-refractivity contribution >= 4 is 40.9 Å². The predicted molar refractivity (Wildman–Crippen MR) is 125 cm³/mol. The van der Waals surface area contributed by atoms with Crippen LogP contribution >= 0.6 is 23.2 Å². The summed E-state index contributed by atoms with van der Waals surface area (Å²) in [5.74, 6) is -0.397. The van der Waals surface area contributed by atoms with Crippen LogP contribution in [0.25, 0.3) is 0 Å². The second-order valence-electron chi connectivity index (χ2n) is 7.05. The Hall–Kier alpha value is -3.03. The molecule has 0 saturated carbocycles. The summed E-state index contributed by atoms with van der Waals surface area (Å²) in [6, 6.07) is 11.7. The molecule has 2 aromatic carbocycles. The highest BCUT2D eigenvalue weighted by molar-refractivity contribution is 6.42. The van der Waals surface area contributed by atoms with Crippen molar-refractivity contribution in [3.05, 3.63) is 82.4 Å². The number of carbonyl (C=O) groups excluding carboxylic acids is 2. The van der Waals surface area contributed by atoms with E-state index in [2.05, 4.69) is 10.3 Å². The van der Waals surface area contributed by atoms with E-state index >= 15 is 0 Å². The number of benzene rings is 2. The summed E-state index contributed by atoms with van der Waals surface area (Å²) in [6.07, 6.45) is 6.09. The van der Waals surface area contributed by atoms with Crippen LogP contribution in [0.3, 0.4) is 0 Å². The van der Waals surface area contributed by atoms with Gasteiger partial charge in [0.1, 0.15) is 0 Å². The van der Waals surface area contributed by atoms with Crippen LogP contribution in [0.1, 0.15) is 29.3 Å². The normalized spacial score (nSPS) is 10.6. The molecule has 0 aliphatic rings. The van der Waals surface area contributed by atoms with E-state index in [4.69, 9.17) is 27.9 Å². The lowest BCUT2D eigenvalue weighted by Crippen LogP contribution is -2.35. The maximum absolute atomic E-state index is 13.0. The van der Waals surface area contributed by atoms with E-state index in [1.165, 1.54) is 0 Å². The minimum absolute atomic E-state index is 0.259. The molecular weight excluding hydrogens is 451 g/mol. The minimum Gasteiger partial charge on any atom is -0.462 e. The van der Waals surface area contributed by atoms with Gasteiger partial charge in [-0.3, -0.25) is 0 Å². The summed E-state index contributed by atoms with van der Waals surface area (Å²) < 4.78 is 6.95. The molecule has 0 saturated heterocycles. The van der Waals surface area contributed by atoms with Gasteiger partial charge in [-0.05, 0) is 55.3 Å². The van der Waals surface area contributed by atoms with E-state index in [-0.39, 0.29) is 6.03 Å². The molecule has 0 atom stereocenters. The fourth-order valence-electron chi connectivity index (χ4n) is 3.08. The third-order valence-corrected chi connectivity index (χ3v) is 5.43. The second kappa shape index (κ2) is 11.5. The Balaban J connectivity index is 1.68. The van der Waals surface area contributed by atoms with Crippen molar-refractivity contribution in [3.8, 4) is 0 Å². The van der Waals surface area contributed by atoms with E-state index in [1.807, 2.05) is 16.8 Å². The molecule has 0 aliphatic heterocycles. The SMILES string of the molecule is CCOC(=O)c1ccc(NC(=O)N(CCCn2ccnc2)Cc2ccc(Cl)c(Cl)c2)cc1. The third-order valence-electron chi connectivity index (χ3n) is 4.70. The number of nitrogens with zero attached hydrogens (tertiary/aromatic N) is 3. The van der Waals surface area contributed by atoms with Gasteiger partial charge < -0.3 is 19.5 Å². The number of aryl methyl sites for hydroxylation is 1. The van der Waals surface area contributed by atoms with Gasteiger partial charge >= 0.3 is 12.0 Å². The molecule has 32 heavy (non-hydrogen) atoms. The largest absolute Gasteiger partial charge is 0.462 e. The Morgan fingerprint density at radius 2 is 1.91 bits per heavy atom. The molecule has 168 valence electrons. The summed E-state index contributed by atoms with van der Waals surface area (Å²) in [6.45, 7) is 3.68. The van der Waals surface area contributed by atoms with E-state index in [1.54, 1.807) is 60.7 Å². The van der Waals surface area contributed by atoms with Crippen molar-refractivity contribution in [3.63, 3.8) is 0 Å². The monoisotopic (exact) mass is 474 g/mol. The second-order valence-corrected chi connectivity index (χ2v) is 7.87. The quantitative estimate of drug-likeness (QED) is 0.415. The average Bonchev–Trinajstić information content (AvgIpc) is 3.30. The van der Waals surface area contributed by atoms with Crippen molar-refractivity contribution in [2.24, 2.45) is 0 Å². The number of hydrogen-bond donors (Lipinski definition) is 1. The van der Waals surface area contributed by atoms with Crippen molar-refractivity contribution < 1.29 is 14.3 Å². The van der Waals surface area contributed by atoms with Crippen LogP contribution < -0.4 is 5.32 Å². The number of imidazole rings is 1. The number of rotatable bonds is 9. The smallest absolute Gasteiger partial charge is 0.338 e. The number of anilines is 1. The van der Waals surface area contributed by atoms with Crippen molar-refractivity contribution in [2.75, 3.05) is 18.5 Å². The Bertz CT molecular complexity index is 1040. The topological polar surface area (TPSA) is 76.5 Å². The number of halogens is 2. The van der Waals surface area contributed by atoms with Gasteiger partial charge in [-0.15, -0.1) is 0 Å². The lowest BCUT2D eigenvalue weighted by Gasteiger charge is -2.24. The first-order chi connectivity index (χ1) is 15.5. The van der Waals surface area contributed by atoms with Gasteiger partial charge in [0.2, 0.25) is 0 Å². The first kappa shape index (κ1) is 23.6. The zero-order chi connectivity index (χ0) is 22.9. The molecule has 2 amide bonds. The first-order valence-corrected chi connectivity index (χ1v) is 10.9. The molecule has 1 aromatic heterocycles. The average molecular weight is 475 g/mol. The summed E-state index contributed by atoms with van der Waals surface area (Å²) in [4.78, 5) is 30.6. The van der Waals surface area contributed by atoms with Crippen LogP contribution in [0.15, 0.2) is 61.2 Å². The highest BCUT2D eigenvalue weighted by atomic mass is 35.5. The highest BCUT2D eigenvalue weighted by Crippen LogP contribution is 2.23. The number of hydrogen-bond acceptors (Lipinski definition) is 4. The zero-order valence-electron chi connectivity index (χ0n) is 17.6. The third kappa shape index (κ3) is 6.73. The highest BCUT2D eigenvalue weighted by Gasteiger charge is 2.15. The Morgan fingerprint density at radius 3 is 2.56 bits per heavy atom. The maximum atomic E-state index is 13.0. The van der Waals surface area contributed by atoms with E-state index < -0.39 is 5.97 Å².